The molecule has 11 rings (SSSR count). The number of rotatable bonds is 3. The molecule has 0 spiro atoms. The smallest absolute Gasteiger partial charge is 0.0159 e. The van der Waals surface area contributed by atoms with Gasteiger partial charge in [0.05, 0.1) is 0 Å². The second kappa shape index (κ2) is 11.0. The van der Waals surface area contributed by atoms with Gasteiger partial charge < -0.3 is 0 Å². The van der Waals surface area contributed by atoms with Crippen molar-refractivity contribution in [3.05, 3.63) is 187 Å². The lowest BCUT2D eigenvalue weighted by Crippen LogP contribution is -2.23. The van der Waals surface area contributed by atoms with Crippen molar-refractivity contribution in [2.45, 2.75) is 19.3 Å². The van der Waals surface area contributed by atoms with E-state index >= 15 is 0 Å². The molecule has 1 heteroatoms. The lowest BCUT2D eigenvalue weighted by Gasteiger charge is -2.35. The number of hydrogen-bond donors (Lipinski definition) is 0. The number of fused-ring (bicyclic) bond motifs is 7. The molecule has 0 amide bonds. The highest BCUT2D eigenvalue weighted by atomic mass is 31.1. The molecule has 0 fully saturated rings. The van der Waals surface area contributed by atoms with E-state index in [1.54, 1.807) is 0 Å². The summed E-state index contributed by atoms with van der Waals surface area (Å²) >= 11 is 0. The molecular weight excluding hydrogens is 644 g/mol. The predicted molar refractivity (Wildman–Crippen MR) is 226 cm³/mol. The van der Waals surface area contributed by atoms with Gasteiger partial charge >= 0.3 is 0 Å². The maximum atomic E-state index is 2.48. The summed E-state index contributed by atoms with van der Waals surface area (Å²) < 4.78 is 0. The minimum absolute atomic E-state index is 0.0945. The first-order valence-electron chi connectivity index (χ1n) is 18.3. The van der Waals surface area contributed by atoms with Gasteiger partial charge in [0.15, 0.2) is 0 Å². The third-order valence-corrected chi connectivity index (χ3v) is 14.3. The molecule has 1 aliphatic rings. The maximum Gasteiger partial charge on any atom is 0.0159 e. The fraction of sp³-hybridized carbons (Fsp3) is 0.0588. The normalized spacial score (nSPS) is 13.7. The summed E-state index contributed by atoms with van der Waals surface area (Å²) in [5.74, 6) is 0. The van der Waals surface area contributed by atoms with E-state index in [4.69, 9.17) is 0 Å². The number of hydrogen-bond acceptors (Lipinski definition) is 0. The van der Waals surface area contributed by atoms with Crippen molar-refractivity contribution in [1.29, 1.82) is 0 Å². The maximum absolute atomic E-state index is 2.48. The van der Waals surface area contributed by atoms with E-state index in [9.17, 15) is 0 Å². The van der Waals surface area contributed by atoms with Crippen molar-refractivity contribution >= 4 is 60.9 Å². The van der Waals surface area contributed by atoms with E-state index in [1.165, 1.54) is 103 Å². The summed E-state index contributed by atoms with van der Waals surface area (Å²) in [4.78, 5) is 0. The first kappa shape index (κ1) is 29.8. The van der Waals surface area contributed by atoms with Crippen LogP contribution in [0.3, 0.4) is 0 Å². The van der Waals surface area contributed by atoms with Gasteiger partial charge in [0, 0.05) is 15.7 Å². The van der Waals surface area contributed by atoms with Gasteiger partial charge in [0.1, 0.15) is 0 Å². The summed E-state index contributed by atoms with van der Waals surface area (Å²) in [5, 5.41) is 14.9. The molecule has 0 bridgehead atoms. The highest BCUT2D eigenvalue weighted by Crippen LogP contribution is 2.56. The molecule has 9 aromatic carbocycles. The Kier molecular flexibility index (Phi) is 6.31. The third kappa shape index (κ3) is 4.05. The molecule has 0 nitrogen and oxygen atoms in total. The Morgan fingerprint density at radius 1 is 0.365 bits per heavy atom. The Bertz CT molecular complexity index is 3030. The monoisotopic (exact) mass is 678 g/mol. The lowest BCUT2D eigenvalue weighted by molar-refractivity contribution is 0.645. The van der Waals surface area contributed by atoms with E-state index in [-0.39, 0.29) is 5.41 Å². The summed E-state index contributed by atoms with van der Waals surface area (Å²) in [7, 11) is -0.600. The zero-order valence-corrected chi connectivity index (χ0v) is 30.1. The van der Waals surface area contributed by atoms with E-state index in [2.05, 4.69) is 190 Å². The predicted octanol–water partition coefficient (Wildman–Crippen LogP) is 15.1. The molecule has 0 aliphatic heterocycles. The fourth-order valence-electron chi connectivity index (χ4n) is 9.49. The minimum Gasteiger partial charge on any atom is -0.0772 e. The van der Waals surface area contributed by atoms with Crippen LogP contribution in [0.2, 0.25) is 0 Å². The molecule has 0 saturated carbocycles. The average Bonchev–Trinajstić information content (AvgIpc) is 3.53. The van der Waals surface area contributed by atoms with Crippen LogP contribution < -0.4 is 0 Å². The van der Waals surface area contributed by atoms with Gasteiger partial charge in [-0.3, -0.25) is 0 Å². The Labute approximate surface area is 304 Å². The Hall–Kier alpha value is -5.94. The van der Waals surface area contributed by atoms with Gasteiger partial charge in [-0.25, -0.2) is 0 Å². The quantitative estimate of drug-likeness (QED) is 0.163. The topological polar surface area (TPSA) is 0 Å². The van der Waals surface area contributed by atoms with Crippen molar-refractivity contribution in [1.82, 2.24) is 0 Å². The molecule has 0 radical (unpaired) electrons. The number of benzene rings is 9. The average molecular weight is 679 g/mol. The Morgan fingerprint density at radius 2 is 0.923 bits per heavy atom. The molecule has 0 N–H and O–H groups in total. The molecule has 1 heterocycles. The zero-order chi connectivity index (χ0) is 34.6. The molecule has 1 aromatic heterocycles. The highest BCUT2D eigenvalue weighted by Gasteiger charge is 2.34. The molecule has 10 aromatic rings. The SMILES string of the molecule is CC1(C)c2ccccc2-c2ccc(-c3c4ccccc4c(-c4ccc5c(c4)c4ccccc4p5-c4ccccc4)c4ccccc34)c3cccc1c23. The Morgan fingerprint density at radius 3 is 1.67 bits per heavy atom. The summed E-state index contributed by atoms with van der Waals surface area (Å²) in [6.07, 6.45) is 0. The second-order valence-electron chi connectivity index (χ2n) is 14.8. The van der Waals surface area contributed by atoms with Gasteiger partial charge in [-0.05, 0) is 105 Å². The van der Waals surface area contributed by atoms with Gasteiger partial charge in [-0.2, -0.15) is 0 Å². The van der Waals surface area contributed by atoms with Crippen LogP contribution in [0.1, 0.15) is 25.0 Å². The summed E-state index contributed by atoms with van der Waals surface area (Å²) in [6.45, 7) is 4.77. The van der Waals surface area contributed by atoms with Crippen LogP contribution in [0.4, 0.5) is 0 Å². The van der Waals surface area contributed by atoms with E-state index in [1.807, 2.05) is 0 Å². The van der Waals surface area contributed by atoms with Crippen molar-refractivity contribution < 1.29 is 0 Å². The van der Waals surface area contributed by atoms with Crippen LogP contribution in [0.15, 0.2) is 176 Å². The van der Waals surface area contributed by atoms with Crippen molar-refractivity contribution in [2.75, 3.05) is 0 Å². The molecule has 1 unspecified atom stereocenters. The van der Waals surface area contributed by atoms with Crippen LogP contribution in [-0.4, -0.2) is 0 Å². The first-order chi connectivity index (χ1) is 25.6. The molecule has 1 atom stereocenters. The third-order valence-electron chi connectivity index (χ3n) is 11.8. The largest absolute Gasteiger partial charge is 0.0772 e. The van der Waals surface area contributed by atoms with E-state index in [0.717, 1.165) is 0 Å². The fourth-order valence-corrected chi connectivity index (χ4v) is 12.1. The zero-order valence-electron chi connectivity index (χ0n) is 29.2. The van der Waals surface area contributed by atoms with E-state index < -0.39 is 7.53 Å². The Balaban J connectivity index is 1.21. The first-order valence-corrected chi connectivity index (χ1v) is 19.6. The molecular formula is C51H35P. The van der Waals surface area contributed by atoms with E-state index in [0.29, 0.717) is 0 Å². The molecule has 0 saturated heterocycles. The van der Waals surface area contributed by atoms with Crippen molar-refractivity contribution in [3.8, 4) is 38.7 Å². The highest BCUT2D eigenvalue weighted by molar-refractivity contribution is 7.67. The van der Waals surface area contributed by atoms with Gasteiger partial charge in [0.25, 0.3) is 0 Å². The lowest BCUT2D eigenvalue weighted by atomic mass is 9.68. The summed E-state index contributed by atoms with van der Waals surface area (Å²) in [5.41, 5.74) is 10.6. The van der Waals surface area contributed by atoms with Gasteiger partial charge in [-0.1, -0.05) is 185 Å². The minimum atomic E-state index is -0.600. The molecule has 1 aliphatic carbocycles. The molecule has 52 heavy (non-hydrogen) atoms. The van der Waals surface area contributed by atoms with Crippen LogP contribution >= 0.6 is 7.53 Å². The van der Waals surface area contributed by atoms with Gasteiger partial charge in [-0.15, -0.1) is 0 Å². The van der Waals surface area contributed by atoms with Crippen LogP contribution in [0, 0.1) is 0 Å². The second-order valence-corrected chi connectivity index (χ2v) is 17.0. The van der Waals surface area contributed by atoms with Crippen molar-refractivity contribution in [3.63, 3.8) is 0 Å². The van der Waals surface area contributed by atoms with Crippen molar-refractivity contribution in [2.24, 2.45) is 0 Å². The van der Waals surface area contributed by atoms with Crippen LogP contribution in [0.25, 0.3) is 92.0 Å². The van der Waals surface area contributed by atoms with Crippen LogP contribution in [0.5, 0.6) is 0 Å². The summed E-state index contributed by atoms with van der Waals surface area (Å²) in [6, 6.07) is 66.3. The molecule has 244 valence electrons. The standard InChI is InChI=1S/C51H35P/c1-51(2)44-24-12-10-17-34(44)41-28-29-42(40-23-14-25-45(51)50(40)41)49-38-21-8-6-19-36(38)48(37-20-7-9-22-39(37)49)32-27-30-47-43(31-32)35-18-11-13-26-46(35)52(47)33-15-4-3-5-16-33/h3-31H,1-2H3. The van der Waals surface area contributed by atoms with Gasteiger partial charge in [0.2, 0.25) is 0 Å². The van der Waals surface area contributed by atoms with Crippen LogP contribution in [-0.2, 0) is 5.41 Å².